The van der Waals surface area contributed by atoms with Crippen LogP contribution in [0.3, 0.4) is 0 Å². The van der Waals surface area contributed by atoms with Gasteiger partial charge in [0.25, 0.3) is 5.91 Å². The summed E-state index contributed by atoms with van der Waals surface area (Å²) in [7, 11) is -2.67. The Morgan fingerprint density at radius 2 is 1.87 bits per heavy atom. The van der Waals surface area contributed by atoms with E-state index in [1.165, 1.54) is 23.5 Å². The number of rotatable bonds is 5. The van der Waals surface area contributed by atoms with E-state index in [9.17, 15) is 23.3 Å². The van der Waals surface area contributed by atoms with Gasteiger partial charge in [0.2, 0.25) is 10.0 Å². The van der Waals surface area contributed by atoms with Crippen LogP contribution in [0.1, 0.15) is 22.3 Å². The molecular formula is C20H23N3O6S. The fraction of sp³-hybridized carbons (Fsp3) is 0.350. The van der Waals surface area contributed by atoms with Crippen LogP contribution in [0.2, 0.25) is 0 Å². The van der Waals surface area contributed by atoms with Crippen LogP contribution in [0.4, 0.5) is 5.69 Å². The Balaban J connectivity index is 1.80. The van der Waals surface area contributed by atoms with Gasteiger partial charge in [-0.2, -0.15) is 4.31 Å². The Morgan fingerprint density at radius 3 is 2.53 bits per heavy atom. The van der Waals surface area contributed by atoms with E-state index in [0.29, 0.717) is 18.5 Å². The van der Waals surface area contributed by atoms with E-state index in [-0.39, 0.29) is 36.2 Å². The van der Waals surface area contributed by atoms with E-state index in [1.807, 2.05) is 19.1 Å². The zero-order valence-corrected chi connectivity index (χ0v) is 17.6. The molecule has 2 aromatic rings. The highest BCUT2D eigenvalue weighted by Gasteiger charge is 2.30. The van der Waals surface area contributed by atoms with Crippen molar-refractivity contribution in [1.82, 2.24) is 9.21 Å². The highest BCUT2D eigenvalue weighted by atomic mass is 32.2. The Morgan fingerprint density at radius 1 is 1.10 bits per heavy atom. The van der Waals surface area contributed by atoms with Gasteiger partial charge in [-0.05, 0) is 37.6 Å². The van der Waals surface area contributed by atoms with Gasteiger partial charge in [0, 0.05) is 37.8 Å². The average Bonchev–Trinajstić information content (AvgIpc) is 2.99. The van der Waals surface area contributed by atoms with Crippen LogP contribution in [-0.4, -0.2) is 61.7 Å². The van der Waals surface area contributed by atoms with Crippen LogP contribution in [0.5, 0.6) is 5.75 Å². The van der Waals surface area contributed by atoms with Gasteiger partial charge in [0.15, 0.2) is 5.75 Å². The van der Waals surface area contributed by atoms with E-state index in [1.54, 1.807) is 17.0 Å². The molecule has 0 bridgehead atoms. The second kappa shape index (κ2) is 8.80. The third-order valence-electron chi connectivity index (χ3n) is 4.99. The summed E-state index contributed by atoms with van der Waals surface area (Å²) in [4.78, 5) is 24.8. The molecule has 1 aliphatic heterocycles. The average molecular weight is 433 g/mol. The van der Waals surface area contributed by atoms with Crippen molar-refractivity contribution in [2.75, 3.05) is 33.3 Å². The standard InChI is InChI=1S/C20H23N3O6S/c1-15-5-3-6-16(13-15)20(24)21-9-4-10-22(12-11-21)30(27,28)17-7-8-19(29-2)18(14-17)23(25)26/h3,5-8,13-14H,4,9-12H2,1-2H3. The van der Waals surface area contributed by atoms with E-state index in [4.69, 9.17) is 4.74 Å². The van der Waals surface area contributed by atoms with E-state index < -0.39 is 20.6 Å². The number of carbonyl (C=O) groups is 1. The minimum absolute atomic E-state index is 0.00950. The maximum Gasteiger partial charge on any atom is 0.312 e. The molecule has 0 aromatic heterocycles. The third kappa shape index (κ3) is 4.44. The van der Waals surface area contributed by atoms with E-state index in [2.05, 4.69) is 0 Å². The Hall–Kier alpha value is -2.98. The first-order valence-electron chi connectivity index (χ1n) is 9.42. The van der Waals surface area contributed by atoms with Gasteiger partial charge in [-0.1, -0.05) is 17.7 Å². The first-order chi connectivity index (χ1) is 14.2. The molecule has 0 aliphatic carbocycles. The molecule has 0 atom stereocenters. The lowest BCUT2D eigenvalue weighted by Gasteiger charge is -2.22. The summed E-state index contributed by atoms with van der Waals surface area (Å²) in [6, 6.07) is 10.8. The van der Waals surface area contributed by atoms with Crippen molar-refractivity contribution < 1.29 is 22.9 Å². The summed E-state index contributed by atoms with van der Waals surface area (Å²) in [6.07, 6.45) is 0.467. The van der Waals surface area contributed by atoms with Gasteiger partial charge >= 0.3 is 5.69 Å². The maximum absolute atomic E-state index is 13.1. The summed E-state index contributed by atoms with van der Waals surface area (Å²) < 4.78 is 32.3. The number of nitro groups is 1. The number of ether oxygens (including phenoxy) is 1. The molecule has 0 saturated carbocycles. The van der Waals surface area contributed by atoms with Crippen molar-refractivity contribution in [3.8, 4) is 5.75 Å². The summed E-state index contributed by atoms with van der Waals surface area (Å²) in [6.45, 7) is 2.91. The number of benzene rings is 2. The molecule has 0 spiro atoms. The van der Waals surface area contributed by atoms with Gasteiger partial charge < -0.3 is 9.64 Å². The molecule has 1 saturated heterocycles. The number of nitrogens with zero attached hydrogens (tertiary/aromatic N) is 3. The third-order valence-corrected chi connectivity index (χ3v) is 6.89. The molecule has 1 fully saturated rings. The summed E-state index contributed by atoms with van der Waals surface area (Å²) >= 11 is 0. The van der Waals surface area contributed by atoms with Crippen molar-refractivity contribution in [2.45, 2.75) is 18.2 Å². The molecule has 0 N–H and O–H groups in total. The largest absolute Gasteiger partial charge is 0.490 e. The number of nitro benzene ring substituents is 1. The van der Waals surface area contributed by atoms with Crippen LogP contribution < -0.4 is 4.74 Å². The lowest BCUT2D eigenvalue weighted by molar-refractivity contribution is -0.386. The lowest BCUT2D eigenvalue weighted by Crippen LogP contribution is -2.37. The quantitative estimate of drug-likeness (QED) is 0.529. The van der Waals surface area contributed by atoms with E-state index in [0.717, 1.165) is 11.6 Å². The van der Waals surface area contributed by atoms with Crippen molar-refractivity contribution in [3.05, 3.63) is 63.7 Å². The van der Waals surface area contributed by atoms with Gasteiger partial charge in [-0.15, -0.1) is 0 Å². The van der Waals surface area contributed by atoms with Crippen molar-refractivity contribution >= 4 is 21.6 Å². The summed E-state index contributed by atoms with van der Waals surface area (Å²) in [5.41, 5.74) is 1.13. The predicted octanol–water partition coefficient (Wildman–Crippen LogP) is 2.45. The molecule has 1 amide bonds. The SMILES string of the molecule is COc1ccc(S(=O)(=O)N2CCCN(C(=O)c3cccc(C)c3)CC2)cc1[N+](=O)[O-]. The molecule has 2 aromatic carbocycles. The molecule has 1 aliphatic rings. The topological polar surface area (TPSA) is 110 Å². The fourth-order valence-corrected chi connectivity index (χ4v) is 4.91. The van der Waals surface area contributed by atoms with Gasteiger partial charge in [0.05, 0.1) is 16.9 Å². The number of sulfonamides is 1. The molecule has 0 unspecified atom stereocenters. The first-order valence-corrected chi connectivity index (χ1v) is 10.9. The summed E-state index contributed by atoms with van der Waals surface area (Å²) in [5, 5.41) is 11.2. The second-order valence-corrected chi connectivity index (χ2v) is 8.95. The van der Waals surface area contributed by atoms with Gasteiger partial charge in [0.1, 0.15) is 0 Å². The van der Waals surface area contributed by atoms with Gasteiger partial charge in [-0.3, -0.25) is 14.9 Å². The lowest BCUT2D eigenvalue weighted by atomic mass is 10.1. The fourth-order valence-electron chi connectivity index (χ4n) is 3.42. The molecule has 9 nitrogen and oxygen atoms in total. The molecule has 160 valence electrons. The number of carbonyl (C=O) groups excluding carboxylic acids is 1. The molecule has 10 heteroatoms. The zero-order valence-electron chi connectivity index (χ0n) is 16.8. The predicted molar refractivity (Wildman–Crippen MR) is 110 cm³/mol. The maximum atomic E-state index is 13.1. The van der Waals surface area contributed by atoms with Crippen LogP contribution >= 0.6 is 0 Å². The van der Waals surface area contributed by atoms with Crippen LogP contribution in [0.15, 0.2) is 47.4 Å². The molecule has 1 heterocycles. The number of hydrogen-bond acceptors (Lipinski definition) is 6. The smallest absolute Gasteiger partial charge is 0.312 e. The molecule has 0 radical (unpaired) electrons. The van der Waals surface area contributed by atoms with Crippen molar-refractivity contribution in [3.63, 3.8) is 0 Å². The minimum Gasteiger partial charge on any atom is -0.490 e. The molecular weight excluding hydrogens is 410 g/mol. The normalized spacial score (nSPS) is 15.5. The number of aryl methyl sites for hydroxylation is 1. The number of methoxy groups -OCH3 is 1. The first kappa shape index (κ1) is 21.7. The highest BCUT2D eigenvalue weighted by Crippen LogP contribution is 2.30. The Labute approximate surface area is 175 Å². The van der Waals surface area contributed by atoms with Crippen molar-refractivity contribution in [1.29, 1.82) is 0 Å². The van der Waals surface area contributed by atoms with Gasteiger partial charge in [-0.25, -0.2) is 8.42 Å². The molecule has 3 rings (SSSR count). The van der Waals surface area contributed by atoms with E-state index >= 15 is 0 Å². The molecule has 30 heavy (non-hydrogen) atoms. The van der Waals surface area contributed by atoms with Crippen LogP contribution in [0.25, 0.3) is 0 Å². The minimum atomic E-state index is -3.95. The highest BCUT2D eigenvalue weighted by molar-refractivity contribution is 7.89. The summed E-state index contributed by atoms with van der Waals surface area (Å²) in [5.74, 6) is -0.150. The van der Waals surface area contributed by atoms with Crippen LogP contribution in [-0.2, 0) is 10.0 Å². The Bertz CT molecular complexity index is 1070. The zero-order chi connectivity index (χ0) is 21.9. The van der Waals surface area contributed by atoms with Crippen LogP contribution in [0, 0.1) is 17.0 Å². The monoisotopic (exact) mass is 433 g/mol. The van der Waals surface area contributed by atoms with Crippen molar-refractivity contribution in [2.24, 2.45) is 0 Å². The Kier molecular flexibility index (Phi) is 6.37. The number of hydrogen-bond donors (Lipinski definition) is 0. The number of amides is 1. The second-order valence-electron chi connectivity index (χ2n) is 7.01.